The number of halogens is 3. The van der Waals surface area contributed by atoms with Gasteiger partial charge in [-0.1, -0.05) is 16.8 Å². The van der Waals surface area contributed by atoms with E-state index < -0.39 is 5.82 Å². The Morgan fingerprint density at radius 1 is 1.33 bits per heavy atom. The summed E-state index contributed by atoms with van der Waals surface area (Å²) in [5.74, 6) is 0.336. The van der Waals surface area contributed by atoms with Gasteiger partial charge in [-0.2, -0.15) is 0 Å². The first-order chi connectivity index (χ1) is 7.20. The summed E-state index contributed by atoms with van der Waals surface area (Å²) in [5, 5.41) is 3.77. The molecule has 0 unspecified atom stereocenters. The summed E-state index contributed by atoms with van der Waals surface area (Å²) in [4.78, 5) is 0. The van der Waals surface area contributed by atoms with Gasteiger partial charge in [-0.15, -0.1) is 11.6 Å². The van der Waals surface area contributed by atoms with Gasteiger partial charge in [0.15, 0.2) is 5.76 Å². The second kappa shape index (κ2) is 4.21. The van der Waals surface area contributed by atoms with Crippen molar-refractivity contribution in [2.24, 2.45) is 0 Å². The third-order valence-electron chi connectivity index (χ3n) is 1.90. The minimum atomic E-state index is -0.461. The van der Waals surface area contributed by atoms with Gasteiger partial charge in [0.1, 0.15) is 5.82 Å². The summed E-state index contributed by atoms with van der Waals surface area (Å²) in [6.45, 7) is 0. The van der Waals surface area contributed by atoms with E-state index >= 15 is 0 Å². The lowest BCUT2D eigenvalue weighted by Gasteiger charge is -1.97. The van der Waals surface area contributed by atoms with Crippen molar-refractivity contribution in [3.8, 4) is 11.3 Å². The standard InChI is InChI=1S/C10H6Cl2FNO/c11-5-7-4-10(15-14-7)6-1-2-9(13)8(12)3-6/h1-4H,5H2. The van der Waals surface area contributed by atoms with Crippen LogP contribution in [0.1, 0.15) is 5.69 Å². The molecule has 2 rings (SSSR count). The third-order valence-corrected chi connectivity index (χ3v) is 2.46. The highest BCUT2D eigenvalue weighted by Crippen LogP contribution is 2.25. The average molecular weight is 246 g/mol. The molecule has 1 aromatic heterocycles. The molecule has 0 bridgehead atoms. The van der Waals surface area contributed by atoms with Crippen LogP contribution in [0.25, 0.3) is 11.3 Å². The fraction of sp³-hybridized carbons (Fsp3) is 0.100. The molecule has 78 valence electrons. The van der Waals surface area contributed by atoms with E-state index in [1.165, 1.54) is 12.1 Å². The van der Waals surface area contributed by atoms with E-state index in [-0.39, 0.29) is 10.9 Å². The van der Waals surface area contributed by atoms with Crippen LogP contribution >= 0.6 is 23.2 Å². The maximum Gasteiger partial charge on any atom is 0.167 e. The summed E-state index contributed by atoms with van der Waals surface area (Å²) < 4.78 is 17.9. The fourth-order valence-electron chi connectivity index (χ4n) is 1.16. The van der Waals surface area contributed by atoms with Crippen LogP contribution in [-0.2, 0) is 5.88 Å². The lowest BCUT2D eigenvalue weighted by Crippen LogP contribution is -1.78. The van der Waals surface area contributed by atoms with Crippen LogP contribution in [0.4, 0.5) is 4.39 Å². The van der Waals surface area contributed by atoms with Crippen molar-refractivity contribution in [2.75, 3.05) is 0 Å². The first kappa shape index (κ1) is 10.5. The van der Waals surface area contributed by atoms with Crippen LogP contribution in [0.3, 0.4) is 0 Å². The van der Waals surface area contributed by atoms with E-state index in [2.05, 4.69) is 5.16 Å². The van der Waals surface area contributed by atoms with Crippen molar-refractivity contribution >= 4 is 23.2 Å². The second-order valence-corrected chi connectivity index (χ2v) is 3.62. The Hall–Kier alpha value is -1.06. The van der Waals surface area contributed by atoms with Crippen LogP contribution < -0.4 is 0 Å². The van der Waals surface area contributed by atoms with Gasteiger partial charge in [-0.25, -0.2) is 4.39 Å². The molecule has 1 heterocycles. The summed E-state index contributed by atoms with van der Waals surface area (Å²) in [5.41, 5.74) is 1.30. The maximum atomic E-state index is 12.9. The molecule has 0 aliphatic heterocycles. The molecule has 0 amide bonds. The first-order valence-electron chi connectivity index (χ1n) is 4.17. The highest BCUT2D eigenvalue weighted by atomic mass is 35.5. The zero-order chi connectivity index (χ0) is 10.8. The van der Waals surface area contributed by atoms with E-state index in [0.717, 1.165) is 0 Å². The van der Waals surface area contributed by atoms with Gasteiger partial charge >= 0.3 is 0 Å². The number of alkyl halides is 1. The largest absolute Gasteiger partial charge is 0.356 e. The number of hydrogen-bond acceptors (Lipinski definition) is 2. The van der Waals surface area contributed by atoms with Crippen LogP contribution in [0.2, 0.25) is 5.02 Å². The van der Waals surface area contributed by atoms with Crippen LogP contribution in [0.5, 0.6) is 0 Å². The lowest BCUT2D eigenvalue weighted by molar-refractivity contribution is 0.426. The van der Waals surface area contributed by atoms with Gasteiger partial charge in [-0.3, -0.25) is 0 Å². The second-order valence-electron chi connectivity index (χ2n) is 2.95. The van der Waals surface area contributed by atoms with Crippen molar-refractivity contribution in [2.45, 2.75) is 5.88 Å². The highest BCUT2D eigenvalue weighted by Gasteiger charge is 2.08. The fourth-order valence-corrected chi connectivity index (χ4v) is 1.47. The van der Waals surface area contributed by atoms with Gasteiger partial charge in [0.2, 0.25) is 0 Å². The quantitative estimate of drug-likeness (QED) is 0.751. The monoisotopic (exact) mass is 245 g/mol. The van der Waals surface area contributed by atoms with Gasteiger partial charge in [-0.05, 0) is 18.2 Å². The number of hydrogen-bond donors (Lipinski definition) is 0. The molecule has 2 nitrogen and oxygen atoms in total. The van der Waals surface area contributed by atoms with Crippen molar-refractivity contribution < 1.29 is 8.91 Å². The number of benzene rings is 1. The Kier molecular flexibility index (Phi) is 2.93. The molecule has 0 atom stereocenters. The predicted molar refractivity (Wildman–Crippen MR) is 56.5 cm³/mol. The molecular formula is C10H6Cl2FNO. The van der Waals surface area contributed by atoms with Gasteiger partial charge in [0.25, 0.3) is 0 Å². The van der Waals surface area contributed by atoms with Crippen molar-refractivity contribution in [3.63, 3.8) is 0 Å². The van der Waals surface area contributed by atoms with Gasteiger partial charge < -0.3 is 4.52 Å². The molecule has 0 aliphatic carbocycles. The summed E-state index contributed by atoms with van der Waals surface area (Å²) in [7, 11) is 0. The Balaban J connectivity index is 2.40. The minimum absolute atomic E-state index is 0.0522. The normalized spacial score (nSPS) is 10.6. The maximum absolute atomic E-state index is 12.9. The van der Waals surface area contributed by atoms with E-state index in [9.17, 15) is 4.39 Å². The molecule has 1 aromatic carbocycles. The van der Waals surface area contributed by atoms with Crippen LogP contribution in [0, 0.1) is 5.82 Å². The van der Waals surface area contributed by atoms with Crippen molar-refractivity contribution in [1.29, 1.82) is 0 Å². The highest BCUT2D eigenvalue weighted by molar-refractivity contribution is 6.31. The Labute approximate surface area is 95.6 Å². The zero-order valence-corrected chi connectivity index (χ0v) is 9.02. The molecule has 0 saturated heterocycles. The predicted octanol–water partition coefficient (Wildman–Crippen LogP) is 3.87. The average Bonchev–Trinajstić information content (AvgIpc) is 2.70. The molecule has 0 fully saturated rings. The van der Waals surface area contributed by atoms with Crippen LogP contribution in [-0.4, -0.2) is 5.16 Å². The minimum Gasteiger partial charge on any atom is -0.356 e. The number of aromatic nitrogens is 1. The summed E-state index contributed by atoms with van der Waals surface area (Å²) >= 11 is 11.2. The van der Waals surface area contributed by atoms with Gasteiger partial charge in [0.05, 0.1) is 16.6 Å². The molecular weight excluding hydrogens is 240 g/mol. The molecule has 0 aliphatic rings. The molecule has 15 heavy (non-hydrogen) atoms. The number of nitrogens with zero attached hydrogens (tertiary/aromatic N) is 1. The van der Waals surface area contributed by atoms with E-state index in [1.54, 1.807) is 12.1 Å². The van der Waals surface area contributed by atoms with Crippen LogP contribution in [0.15, 0.2) is 28.8 Å². The molecule has 0 spiro atoms. The number of rotatable bonds is 2. The first-order valence-corrected chi connectivity index (χ1v) is 5.09. The lowest BCUT2D eigenvalue weighted by atomic mass is 10.1. The van der Waals surface area contributed by atoms with Gasteiger partial charge in [0, 0.05) is 11.6 Å². The van der Waals surface area contributed by atoms with Crippen molar-refractivity contribution in [3.05, 3.63) is 40.8 Å². The Morgan fingerprint density at radius 2 is 2.13 bits per heavy atom. The topological polar surface area (TPSA) is 26.0 Å². The molecule has 0 radical (unpaired) electrons. The Bertz CT molecular complexity index is 484. The SMILES string of the molecule is Fc1ccc(-c2cc(CCl)no2)cc1Cl. The van der Waals surface area contributed by atoms with E-state index in [1.807, 2.05) is 0 Å². The van der Waals surface area contributed by atoms with E-state index in [4.69, 9.17) is 27.7 Å². The van der Waals surface area contributed by atoms with Crippen molar-refractivity contribution in [1.82, 2.24) is 5.16 Å². The Morgan fingerprint density at radius 3 is 2.73 bits per heavy atom. The smallest absolute Gasteiger partial charge is 0.167 e. The molecule has 0 N–H and O–H groups in total. The summed E-state index contributed by atoms with van der Waals surface area (Å²) in [6.07, 6.45) is 0. The molecule has 5 heteroatoms. The summed E-state index contributed by atoms with van der Waals surface area (Å²) in [6, 6.07) is 6.02. The molecule has 2 aromatic rings. The van der Waals surface area contributed by atoms with E-state index in [0.29, 0.717) is 17.0 Å². The molecule has 0 saturated carbocycles. The zero-order valence-electron chi connectivity index (χ0n) is 7.51. The third kappa shape index (κ3) is 2.13.